The van der Waals surface area contributed by atoms with Gasteiger partial charge in [0.15, 0.2) is 5.75 Å². The minimum absolute atomic E-state index is 0.0275. The number of hydrogen-bond acceptors (Lipinski definition) is 4. The van der Waals surface area contributed by atoms with E-state index in [0.717, 1.165) is 5.56 Å². The Morgan fingerprint density at radius 2 is 2.00 bits per heavy atom. The molecule has 116 valence electrons. The van der Waals surface area contributed by atoms with Crippen LogP contribution in [0, 0.1) is 6.92 Å². The van der Waals surface area contributed by atoms with Gasteiger partial charge in [0.1, 0.15) is 0 Å². The van der Waals surface area contributed by atoms with E-state index in [1.165, 1.54) is 10.6 Å². The maximum absolute atomic E-state index is 12.3. The lowest BCUT2D eigenvalue weighted by Gasteiger charge is -2.13. The van der Waals surface area contributed by atoms with Crippen LogP contribution in [-0.2, 0) is 6.54 Å². The number of aryl methyl sites for hydroxylation is 1. The lowest BCUT2D eigenvalue weighted by Crippen LogP contribution is -2.31. The van der Waals surface area contributed by atoms with Crippen molar-refractivity contribution in [3.8, 4) is 5.75 Å². The predicted molar refractivity (Wildman–Crippen MR) is 84.0 cm³/mol. The zero-order valence-electron chi connectivity index (χ0n) is 12.4. The van der Waals surface area contributed by atoms with Gasteiger partial charge in [-0.1, -0.05) is 30.3 Å². The molecule has 1 aromatic carbocycles. The fourth-order valence-electron chi connectivity index (χ4n) is 2.17. The van der Waals surface area contributed by atoms with Gasteiger partial charge in [0.05, 0.1) is 12.1 Å². The molecule has 0 aliphatic rings. The molecule has 22 heavy (non-hydrogen) atoms. The van der Waals surface area contributed by atoms with Gasteiger partial charge in [-0.05, 0) is 18.6 Å². The van der Waals surface area contributed by atoms with Crippen molar-refractivity contribution in [1.82, 2.24) is 9.88 Å². The van der Waals surface area contributed by atoms with Crippen molar-refractivity contribution in [2.45, 2.75) is 13.5 Å². The summed E-state index contributed by atoms with van der Waals surface area (Å²) in [5, 5.41) is 12.6. The molecule has 0 aliphatic heterocycles. The Balaban J connectivity index is 2.37. The molecule has 0 fully saturated rings. The maximum atomic E-state index is 12.3. The summed E-state index contributed by atoms with van der Waals surface area (Å²) in [4.78, 5) is 24.2. The largest absolute Gasteiger partial charge is 0.502 e. The van der Waals surface area contributed by atoms with Crippen molar-refractivity contribution < 1.29 is 9.90 Å². The first-order valence-electron chi connectivity index (χ1n) is 7.00. The summed E-state index contributed by atoms with van der Waals surface area (Å²) in [7, 11) is 0. The SMILES string of the molecule is Cc1cc(C(=O)NCCN)c(O)c(=O)n1Cc1ccccc1. The molecule has 0 bridgehead atoms. The molecule has 0 saturated carbocycles. The molecule has 1 amide bonds. The number of amides is 1. The average molecular weight is 301 g/mol. The number of carbonyl (C=O) groups is 1. The van der Waals surface area contributed by atoms with Crippen molar-refractivity contribution in [3.63, 3.8) is 0 Å². The Bertz CT molecular complexity index is 723. The zero-order valence-corrected chi connectivity index (χ0v) is 12.4. The molecule has 6 heteroatoms. The number of rotatable bonds is 5. The van der Waals surface area contributed by atoms with Gasteiger partial charge in [-0.2, -0.15) is 0 Å². The van der Waals surface area contributed by atoms with E-state index in [2.05, 4.69) is 5.32 Å². The minimum atomic E-state index is -0.582. The van der Waals surface area contributed by atoms with Gasteiger partial charge in [-0.15, -0.1) is 0 Å². The predicted octanol–water partition coefficient (Wildman–Crippen LogP) is 0.599. The number of nitrogens with two attached hydrogens (primary N) is 1. The lowest BCUT2D eigenvalue weighted by atomic mass is 10.1. The Morgan fingerprint density at radius 1 is 1.32 bits per heavy atom. The molecule has 0 atom stereocenters. The molecule has 2 aromatic rings. The fourth-order valence-corrected chi connectivity index (χ4v) is 2.17. The van der Waals surface area contributed by atoms with E-state index in [4.69, 9.17) is 5.73 Å². The molecule has 0 radical (unpaired) electrons. The van der Waals surface area contributed by atoms with E-state index in [0.29, 0.717) is 12.2 Å². The number of hydrogen-bond donors (Lipinski definition) is 3. The molecule has 0 aliphatic carbocycles. The number of aromatic hydroxyl groups is 1. The number of pyridine rings is 1. The van der Waals surface area contributed by atoms with E-state index in [1.54, 1.807) is 6.92 Å². The Labute approximate surface area is 128 Å². The normalized spacial score (nSPS) is 10.5. The van der Waals surface area contributed by atoms with Gasteiger partial charge in [0, 0.05) is 18.8 Å². The first-order valence-corrected chi connectivity index (χ1v) is 7.00. The smallest absolute Gasteiger partial charge is 0.294 e. The monoisotopic (exact) mass is 301 g/mol. The maximum Gasteiger partial charge on any atom is 0.294 e. The van der Waals surface area contributed by atoms with Crippen molar-refractivity contribution in [2.24, 2.45) is 5.73 Å². The highest BCUT2D eigenvalue weighted by molar-refractivity contribution is 5.96. The van der Waals surface area contributed by atoms with Crippen LogP contribution in [0.4, 0.5) is 0 Å². The van der Waals surface area contributed by atoms with Gasteiger partial charge in [-0.3, -0.25) is 9.59 Å². The molecule has 6 nitrogen and oxygen atoms in total. The highest BCUT2D eigenvalue weighted by atomic mass is 16.3. The third-order valence-electron chi connectivity index (χ3n) is 3.34. The van der Waals surface area contributed by atoms with Crippen molar-refractivity contribution in [1.29, 1.82) is 0 Å². The van der Waals surface area contributed by atoms with Crippen molar-refractivity contribution in [2.75, 3.05) is 13.1 Å². The van der Waals surface area contributed by atoms with Crippen LogP contribution in [0.15, 0.2) is 41.2 Å². The van der Waals surface area contributed by atoms with Crippen molar-refractivity contribution in [3.05, 3.63) is 63.6 Å². The summed E-state index contributed by atoms with van der Waals surface area (Å²) in [5.74, 6) is -1.05. The average Bonchev–Trinajstić information content (AvgIpc) is 2.53. The van der Waals surface area contributed by atoms with E-state index >= 15 is 0 Å². The number of nitrogens with zero attached hydrogens (tertiary/aromatic N) is 1. The highest BCUT2D eigenvalue weighted by Gasteiger charge is 2.17. The Kier molecular flexibility index (Phi) is 4.95. The third-order valence-corrected chi connectivity index (χ3v) is 3.34. The van der Waals surface area contributed by atoms with E-state index < -0.39 is 17.2 Å². The summed E-state index contributed by atoms with van der Waals surface area (Å²) < 4.78 is 1.43. The van der Waals surface area contributed by atoms with Gasteiger partial charge in [0.2, 0.25) is 0 Å². The summed E-state index contributed by atoms with van der Waals surface area (Å²) in [5.41, 5.74) is 6.25. The summed E-state index contributed by atoms with van der Waals surface area (Å²) in [6.45, 7) is 2.63. The second-order valence-corrected chi connectivity index (χ2v) is 4.97. The van der Waals surface area contributed by atoms with Crippen LogP contribution in [0.3, 0.4) is 0 Å². The van der Waals surface area contributed by atoms with E-state index in [-0.39, 0.29) is 18.7 Å². The van der Waals surface area contributed by atoms with Crippen molar-refractivity contribution >= 4 is 5.91 Å². The first-order chi connectivity index (χ1) is 10.5. The second-order valence-electron chi connectivity index (χ2n) is 4.97. The molecule has 4 N–H and O–H groups in total. The molecular formula is C16H19N3O3. The molecule has 1 aromatic heterocycles. The van der Waals surface area contributed by atoms with Crippen LogP contribution < -0.4 is 16.6 Å². The van der Waals surface area contributed by atoms with Crippen LogP contribution in [0.1, 0.15) is 21.6 Å². The van der Waals surface area contributed by atoms with Crippen LogP contribution >= 0.6 is 0 Å². The Hall–Kier alpha value is -2.60. The molecule has 1 heterocycles. The van der Waals surface area contributed by atoms with Crippen LogP contribution in [-0.4, -0.2) is 28.7 Å². The second kappa shape index (κ2) is 6.91. The number of nitrogens with one attached hydrogen (secondary N) is 1. The quantitative estimate of drug-likeness (QED) is 0.753. The van der Waals surface area contributed by atoms with Gasteiger partial charge in [0.25, 0.3) is 11.5 Å². The topological polar surface area (TPSA) is 97.4 Å². The zero-order chi connectivity index (χ0) is 16.1. The summed E-state index contributed by atoms with van der Waals surface area (Å²) in [6, 6.07) is 10.9. The van der Waals surface area contributed by atoms with Gasteiger partial charge < -0.3 is 20.7 Å². The summed E-state index contributed by atoms with van der Waals surface area (Å²) in [6.07, 6.45) is 0. The molecule has 0 saturated heterocycles. The van der Waals surface area contributed by atoms with Crippen LogP contribution in [0.5, 0.6) is 5.75 Å². The van der Waals surface area contributed by atoms with Crippen LogP contribution in [0.2, 0.25) is 0 Å². The molecule has 0 spiro atoms. The van der Waals surface area contributed by atoms with E-state index in [9.17, 15) is 14.7 Å². The fraction of sp³-hybridized carbons (Fsp3) is 0.250. The number of aromatic nitrogens is 1. The van der Waals surface area contributed by atoms with E-state index in [1.807, 2.05) is 30.3 Å². The number of carbonyl (C=O) groups excluding carboxylic acids is 1. The summed E-state index contributed by atoms with van der Waals surface area (Å²) >= 11 is 0. The highest BCUT2D eigenvalue weighted by Crippen LogP contribution is 2.14. The molecule has 2 rings (SSSR count). The number of benzene rings is 1. The van der Waals surface area contributed by atoms with Crippen LogP contribution in [0.25, 0.3) is 0 Å². The molecular weight excluding hydrogens is 282 g/mol. The standard InChI is InChI=1S/C16H19N3O3/c1-11-9-13(15(21)18-8-7-17)14(20)16(22)19(11)10-12-5-3-2-4-6-12/h2-6,9,20H,7-8,10,17H2,1H3,(H,18,21). The van der Waals surface area contributed by atoms with Gasteiger partial charge >= 0.3 is 0 Å². The first kappa shape index (κ1) is 15.8. The minimum Gasteiger partial charge on any atom is -0.502 e. The third kappa shape index (κ3) is 3.35. The lowest BCUT2D eigenvalue weighted by molar-refractivity contribution is 0.0951. The Morgan fingerprint density at radius 3 is 2.64 bits per heavy atom. The van der Waals surface area contributed by atoms with Gasteiger partial charge in [-0.25, -0.2) is 0 Å². The molecule has 0 unspecified atom stereocenters.